The van der Waals surface area contributed by atoms with Gasteiger partial charge in [0.25, 0.3) is 0 Å². The first-order chi connectivity index (χ1) is 8.82. The van der Waals surface area contributed by atoms with Crippen molar-refractivity contribution in [1.82, 2.24) is 0 Å². The molecule has 0 bridgehead atoms. The molecular formula is C17H20O. The minimum Gasteiger partial charge on any atom is -0.490 e. The molecule has 1 saturated heterocycles. The maximum absolute atomic E-state index is 6.03. The number of allylic oxidation sites excluding steroid dienone is 2. The van der Waals surface area contributed by atoms with Gasteiger partial charge in [-0.05, 0) is 37.3 Å². The number of hydrogen-bond donors (Lipinski definition) is 0. The maximum atomic E-state index is 6.03. The van der Waals surface area contributed by atoms with Gasteiger partial charge in [-0.25, -0.2) is 0 Å². The topological polar surface area (TPSA) is 9.23 Å². The molecule has 1 nitrogen and oxygen atoms in total. The van der Waals surface area contributed by atoms with Gasteiger partial charge in [0, 0.05) is 11.8 Å². The number of ether oxygens (including phenoxy) is 1. The Kier molecular flexibility index (Phi) is 2.99. The lowest BCUT2D eigenvalue weighted by Gasteiger charge is -2.31. The summed E-state index contributed by atoms with van der Waals surface area (Å²) in [6, 6.07) is 10.8. The molecule has 2 atom stereocenters. The molecular weight excluding hydrogens is 220 g/mol. The number of rotatable bonds is 3. The van der Waals surface area contributed by atoms with E-state index in [1.807, 2.05) is 6.08 Å². The Bertz CT molecular complexity index is 460. The average Bonchev–Trinajstić information content (AvgIpc) is 2.78. The van der Waals surface area contributed by atoms with Crippen molar-refractivity contribution in [2.75, 3.05) is 0 Å². The zero-order valence-corrected chi connectivity index (χ0v) is 10.8. The second-order valence-corrected chi connectivity index (χ2v) is 5.50. The number of hydrogen-bond acceptors (Lipinski definition) is 1. The fourth-order valence-corrected chi connectivity index (χ4v) is 3.34. The fraction of sp³-hybridized carbons (Fsp3) is 0.412. The highest BCUT2D eigenvalue weighted by Gasteiger charge is 2.45. The summed E-state index contributed by atoms with van der Waals surface area (Å²) in [6.45, 7) is 3.89. The van der Waals surface area contributed by atoms with Crippen LogP contribution in [0, 0.1) is 5.41 Å². The van der Waals surface area contributed by atoms with Gasteiger partial charge in [-0.15, -0.1) is 0 Å². The SMILES string of the molecule is C=C[C@@H]1C[C@]2(Cc3ccccc3)CCCC=C2O1. The van der Waals surface area contributed by atoms with Crippen molar-refractivity contribution in [3.8, 4) is 0 Å². The molecule has 0 amide bonds. The maximum Gasteiger partial charge on any atom is 0.117 e. The largest absolute Gasteiger partial charge is 0.490 e. The lowest BCUT2D eigenvalue weighted by atomic mass is 9.71. The highest BCUT2D eigenvalue weighted by molar-refractivity contribution is 5.25. The Labute approximate surface area is 109 Å². The Morgan fingerprint density at radius 3 is 2.94 bits per heavy atom. The molecule has 1 aromatic rings. The van der Waals surface area contributed by atoms with Crippen molar-refractivity contribution in [2.45, 2.75) is 38.2 Å². The summed E-state index contributed by atoms with van der Waals surface area (Å²) < 4.78 is 6.03. The van der Waals surface area contributed by atoms with Crippen LogP contribution >= 0.6 is 0 Å². The Morgan fingerprint density at radius 2 is 2.17 bits per heavy atom. The van der Waals surface area contributed by atoms with Gasteiger partial charge < -0.3 is 4.74 Å². The van der Waals surface area contributed by atoms with Crippen molar-refractivity contribution < 1.29 is 4.74 Å². The van der Waals surface area contributed by atoms with Crippen LogP contribution in [0.3, 0.4) is 0 Å². The summed E-state index contributed by atoms with van der Waals surface area (Å²) in [5.41, 5.74) is 1.65. The van der Waals surface area contributed by atoms with Gasteiger partial charge in [0.1, 0.15) is 6.10 Å². The van der Waals surface area contributed by atoms with Crippen LogP contribution in [-0.2, 0) is 11.2 Å². The zero-order valence-electron chi connectivity index (χ0n) is 10.8. The molecule has 1 aliphatic heterocycles. The van der Waals surface area contributed by atoms with Gasteiger partial charge >= 0.3 is 0 Å². The predicted molar refractivity (Wildman–Crippen MR) is 74.2 cm³/mol. The normalized spacial score (nSPS) is 30.2. The molecule has 0 spiro atoms. The highest BCUT2D eigenvalue weighted by atomic mass is 16.5. The van der Waals surface area contributed by atoms with E-state index in [9.17, 15) is 0 Å². The average molecular weight is 240 g/mol. The van der Waals surface area contributed by atoms with Crippen LogP contribution in [-0.4, -0.2) is 6.10 Å². The molecule has 0 N–H and O–H groups in total. The number of benzene rings is 1. The molecule has 18 heavy (non-hydrogen) atoms. The molecule has 1 aromatic carbocycles. The molecule has 1 fully saturated rings. The van der Waals surface area contributed by atoms with Crippen LogP contribution < -0.4 is 0 Å². The van der Waals surface area contributed by atoms with Gasteiger partial charge in [-0.1, -0.05) is 43.0 Å². The van der Waals surface area contributed by atoms with Crippen LogP contribution in [0.25, 0.3) is 0 Å². The summed E-state index contributed by atoms with van der Waals surface area (Å²) in [4.78, 5) is 0. The van der Waals surface area contributed by atoms with E-state index in [0.29, 0.717) is 0 Å². The molecule has 1 aliphatic carbocycles. The van der Waals surface area contributed by atoms with Gasteiger partial charge in [-0.3, -0.25) is 0 Å². The van der Waals surface area contributed by atoms with Gasteiger partial charge in [0.2, 0.25) is 0 Å². The quantitative estimate of drug-likeness (QED) is 0.717. The van der Waals surface area contributed by atoms with Crippen molar-refractivity contribution in [2.24, 2.45) is 5.41 Å². The monoisotopic (exact) mass is 240 g/mol. The summed E-state index contributed by atoms with van der Waals surface area (Å²) in [5, 5.41) is 0. The van der Waals surface area contributed by atoms with Crippen LogP contribution in [0.4, 0.5) is 0 Å². The van der Waals surface area contributed by atoms with Gasteiger partial charge in [0.05, 0.1) is 5.76 Å². The van der Waals surface area contributed by atoms with Crippen LogP contribution in [0.15, 0.2) is 54.8 Å². The van der Waals surface area contributed by atoms with Crippen LogP contribution in [0.2, 0.25) is 0 Å². The molecule has 1 heterocycles. The highest BCUT2D eigenvalue weighted by Crippen LogP contribution is 2.50. The minimum absolute atomic E-state index is 0.207. The summed E-state index contributed by atoms with van der Waals surface area (Å²) >= 11 is 0. The molecule has 2 aliphatic rings. The third kappa shape index (κ3) is 1.98. The molecule has 0 radical (unpaired) electrons. The molecule has 0 unspecified atom stereocenters. The van der Waals surface area contributed by atoms with Gasteiger partial charge in [0.15, 0.2) is 0 Å². The second-order valence-electron chi connectivity index (χ2n) is 5.50. The van der Waals surface area contributed by atoms with Crippen molar-refractivity contribution >= 4 is 0 Å². The zero-order chi connectivity index (χ0) is 12.4. The first-order valence-electron chi connectivity index (χ1n) is 6.86. The molecule has 1 heteroatoms. The lowest BCUT2D eigenvalue weighted by molar-refractivity contribution is 0.186. The van der Waals surface area contributed by atoms with E-state index >= 15 is 0 Å². The molecule has 0 aromatic heterocycles. The summed E-state index contributed by atoms with van der Waals surface area (Å²) in [5.74, 6) is 1.22. The van der Waals surface area contributed by atoms with E-state index in [2.05, 4.69) is 43.0 Å². The Hall–Kier alpha value is -1.50. The van der Waals surface area contributed by atoms with Crippen LogP contribution in [0.5, 0.6) is 0 Å². The fourth-order valence-electron chi connectivity index (χ4n) is 3.34. The van der Waals surface area contributed by atoms with Crippen molar-refractivity contribution in [1.29, 1.82) is 0 Å². The molecule has 94 valence electrons. The molecule has 0 saturated carbocycles. The van der Waals surface area contributed by atoms with E-state index in [-0.39, 0.29) is 11.5 Å². The van der Waals surface area contributed by atoms with Gasteiger partial charge in [-0.2, -0.15) is 0 Å². The van der Waals surface area contributed by atoms with E-state index in [4.69, 9.17) is 4.74 Å². The predicted octanol–water partition coefficient (Wildman–Crippen LogP) is 4.26. The third-order valence-corrected chi connectivity index (χ3v) is 4.23. The number of fused-ring (bicyclic) bond motifs is 1. The van der Waals surface area contributed by atoms with E-state index in [0.717, 1.165) is 19.3 Å². The second kappa shape index (κ2) is 4.64. The standard InChI is InChI=1S/C17H20O/c1-2-15-13-17(11-7-6-10-16(17)18-15)12-14-8-4-3-5-9-14/h2-5,8-10,15H,1,6-7,11-13H2/t15-,17-/m1/s1. The smallest absolute Gasteiger partial charge is 0.117 e. The molecule has 3 rings (SSSR count). The van der Waals surface area contributed by atoms with Crippen molar-refractivity contribution in [3.05, 3.63) is 60.4 Å². The first kappa shape index (κ1) is 11.6. The van der Waals surface area contributed by atoms with E-state index < -0.39 is 0 Å². The Balaban J connectivity index is 1.89. The third-order valence-electron chi connectivity index (χ3n) is 4.23. The Morgan fingerprint density at radius 1 is 1.33 bits per heavy atom. The summed E-state index contributed by atoms with van der Waals surface area (Å²) in [7, 11) is 0. The van der Waals surface area contributed by atoms with Crippen LogP contribution in [0.1, 0.15) is 31.2 Å². The van der Waals surface area contributed by atoms with E-state index in [1.165, 1.54) is 24.2 Å². The van der Waals surface area contributed by atoms with E-state index in [1.54, 1.807) is 0 Å². The van der Waals surface area contributed by atoms with Crippen molar-refractivity contribution in [3.63, 3.8) is 0 Å². The minimum atomic E-state index is 0.207. The lowest BCUT2D eigenvalue weighted by Crippen LogP contribution is -2.25. The first-order valence-corrected chi connectivity index (χ1v) is 6.86. The summed E-state index contributed by atoms with van der Waals surface area (Å²) in [6.07, 6.45) is 10.3.